The van der Waals surface area contributed by atoms with Crippen LogP contribution in [-0.4, -0.2) is 44.3 Å². The molecule has 6 heteroatoms. The molecule has 2 heterocycles. The van der Waals surface area contributed by atoms with Crippen molar-refractivity contribution in [1.82, 2.24) is 10.6 Å². The Hall–Kier alpha value is -1.66. The van der Waals surface area contributed by atoms with Crippen molar-refractivity contribution < 1.29 is 19.8 Å². The topological polar surface area (TPSA) is 98.7 Å². The van der Waals surface area contributed by atoms with Crippen LogP contribution in [0, 0.1) is 5.41 Å². The van der Waals surface area contributed by atoms with Gasteiger partial charge in [-0.05, 0) is 79.4 Å². The monoisotopic (exact) mass is 378 g/mol. The normalized spacial score (nSPS) is 25.9. The molecule has 2 aliphatic heterocycles. The lowest BCUT2D eigenvalue weighted by Crippen LogP contribution is -2.60. The van der Waals surface area contributed by atoms with Crippen LogP contribution in [0.15, 0.2) is 23.3 Å². The standard InChI is InChI=1S/C21H34N2O4/c1-17(2)9-13(10-18(3,4)22-17)21(15(24)25,16(26)27)14-11-19(5,6)23-20(7,8)12-14/h9,11,22-23H,10,12H2,1-8H3,(H,24,25)(H,26,27). The number of hydrogen-bond acceptors (Lipinski definition) is 4. The fraction of sp³-hybridized carbons (Fsp3) is 0.714. The summed E-state index contributed by atoms with van der Waals surface area (Å²) in [6, 6.07) is 0. The second-order valence-corrected chi connectivity index (χ2v) is 10.5. The van der Waals surface area contributed by atoms with E-state index in [1.165, 1.54) is 0 Å². The zero-order valence-electron chi connectivity index (χ0n) is 17.8. The lowest BCUT2D eigenvalue weighted by molar-refractivity contribution is -0.159. The van der Waals surface area contributed by atoms with E-state index in [2.05, 4.69) is 10.6 Å². The molecule has 2 rings (SSSR count). The number of nitrogens with one attached hydrogen (secondary N) is 2. The molecular weight excluding hydrogens is 344 g/mol. The number of carboxylic acid groups (broad SMARTS) is 2. The second kappa shape index (κ2) is 6.17. The highest BCUT2D eigenvalue weighted by Gasteiger charge is 2.57. The summed E-state index contributed by atoms with van der Waals surface area (Å²) in [6.07, 6.45) is 4.29. The van der Waals surface area contributed by atoms with Gasteiger partial charge in [0, 0.05) is 22.2 Å². The van der Waals surface area contributed by atoms with Gasteiger partial charge in [0.15, 0.2) is 0 Å². The van der Waals surface area contributed by atoms with Crippen LogP contribution in [0.1, 0.15) is 68.2 Å². The predicted molar refractivity (Wildman–Crippen MR) is 106 cm³/mol. The van der Waals surface area contributed by atoms with Gasteiger partial charge in [0.25, 0.3) is 0 Å². The second-order valence-electron chi connectivity index (χ2n) is 10.5. The molecular formula is C21H34N2O4. The summed E-state index contributed by atoms with van der Waals surface area (Å²) in [6.45, 7) is 15.6. The predicted octanol–water partition coefficient (Wildman–Crippen LogP) is 3.10. The van der Waals surface area contributed by atoms with E-state index in [1.54, 1.807) is 12.2 Å². The molecule has 0 atom stereocenters. The molecule has 0 fully saturated rings. The summed E-state index contributed by atoms with van der Waals surface area (Å²) in [7, 11) is 0. The Morgan fingerprint density at radius 1 is 0.778 bits per heavy atom. The molecule has 0 aromatic heterocycles. The minimum absolute atomic E-state index is 0.348. The summed E-state index contributed by atoms with van der Waals surface area (Å²) >= 11 is 0. The summed E-state index contributed by atoms with van der Waals surface area (Å²) in [5.41, 5.74) is -3.03. The SMILES string of the molecule is CC1(C)C=C(C(C(=O)O)(C(=O)O)C2=CC(C)(C)NC(C)(C)C2)CC(C)(C)N1. The van der Waals surface area contributed by atoms with Crippen LogP contribution < -0.4 is 10.6 Å². The summed E-state index contributed by atoms with van der Waals surface area (Å²) in [5, 5.41) is 27.5. The Morgan fingerprint density at radius 3 is 1.30 bits per heavy atom. The van der Waals surface area contributed by atoms with E-state index in [0.717, 1.165) is 0 Å². The number of aliphatic carboxylic acids is 2. The molecule has 6 nitrogen and oxygen atoms in total. The van der Waals surface area contributed by atoms with Crippen LogP contribution in [0.5, 0.6) is 0 Å². The zero-order chi connectivity index (χ0) is 21.1. The molecule has 0 aliphatic carbocycles. The maximum atomic E-state index is 12.6. The molecule has 0 aromatic carbocycles. The third-order valence-corrected chi connectivity index (χ3v) is 5.26. The van der Waals surface area contributed by atoms with Crippen molar-refractivity contribution in [3.8, 4) is 0 Å². The quantitative estimate of drug-likeness (QED) is 0.443. The smallest absolute Gasteiger partial charge is 0.329 e. The van der Waals surface area contributed by atoms with E-state index in [-0.39, 0.29) is 0 Å². The minimum atomic E-state index is -2.06. The maximum Gasteiger partial charge on any atom is 0.329 e. The van der Waals surface area contributed by atoms with Crippen molar-refractivity contribution in [2.45, 2.75) is 90.4 Å². The fourth-order valence-corrected chi connectivity index (χ4v) is 5.16. The van der Waals surface area contributed by atoms with Gasteiger partial charge >= 0.3 is 11.9 Å². The van der Waals surface area contributed by atoms with Crippen LogP contribution in [0.4, 0.5) is 0 Å². The first-order chi connectivity index (χ1) is 11.9. The van der Waals surface area contributed by atoms with Crippen molar-refractivity contribution in [1.29, 1.82) is 0 Å². The van der Waals surface area contributed by atoms with Crippen LogP contribution in [-0.2, 0) is 9.59 Å². The van der Waals surface area contributed by atoms with Gasteiger partial charge in [0.2, 0.25) is 5.41 Å². The Balaban J connectivity index is 2.79. The number of rotatable bonds is 4. The van der Waals surface area contributed by atoms with Gasteiger partial charge in [0.05, 0.1) is 0 Å². The first kappa shape index (κ1) is 21.6. The lowest BCUT2D eigenvalue weighted by Gasteiger charge is -2.48. The van der Waals surface area contributed by atoms with Crippen molar-refractivity contribution in [2.24, 2.45) is 5.41 Å². The molecule has 27 heavy (non-hydrogen) atoms. The van der Waals surface area contributed by atoms with Crippen molar-refractivity contribution in [3.05, 3.63) is 23.3 Å². The molecule has 152 valence electrons. The van der Waals surface area contributed by atoms with Crippen molar-refractivity contribution in [2.75, 3.05) is 0 Å². The third kappa shape index (κ3) is 4.11. The van der Waals surface area contributed by atoms with Gasteiger partial charge < -0.3 is 20.8 Å². The van der Waals surface area contributed by atoms with E-state index >= 15 is 0 Å². The maximum absolute atomic E-state index is 12.6. The average molecular weight is 379 g/mol. The molecule has 4 N–H and O–H groups in total. The molecule has 0 saturated carbocycles. The summed E-state index contributed by atoms with van der Waals surface area (Å²) in [5.74, 6) is -2.65. The van der Waals surface area contributed by atoms with Gasteiger partial charge in [-0.3, -0.25) is 9.59 Å². The molecule has 0 spiro atoms. The fourth-order valence-electron chi connectivity index (χ4n) is 5.16. The van der Waals surface area contributed by atoms with E-state index in [4.69, 9.17) is 0 Å². The van der Waals surface area contributed by atoms with E-state index in [1.807, 2.05) is 55.4 Å². The van der Waals surface area contributed by atoms with Gasteiger partial charge in [-0.15, -0.1) is 0 Å². The Bertz CT molecular complexity index is 664. The molecule has 2 aliphatic rings. The van der Waals surface area contributed by atoms with E-state index in [9.17, 15) is 19.8 Å². The van der Waals surface area contributed by atoms with Gasteiger partial charge in [-0.1, -0.05) is 12.2 Å². The summed E-state index contributed by atoms with van der Waals surface area (Å²) in [4.78, 5) is 25.2. The number of hydrogen-bond donors (Lipinski definition) is 4. The Morgan fingerprint density at radius 2 is 1.07 bits per heavy atom. The molecule has 0 amide bonds. The zero-order valence-corrected chi connectivity index (χ0v) is 17.8. The van der Waals surface area contributed by atoms with Crippen LogP contribution in [0.25, 0.3) is 0 Å². The van der Waals surface area contributed by atoms with Crippen molar-refractivity contribution >= 4 is 11.9 Å². The molecule has 0 radical (unpaired) electrons. The average Bonchev–Trinajstić information content (AvgIpc) is 2.29. The van der Waals surface area contributed by atoms with Crippen LogP contribution in [0.2, 0.25) is 0 Å². The molecule has 0 aromatic rings. The third-order valence-electron chi connectivity index (χ3n) is 5.26. The first-order valence-corrected chi connectivity index (χ1v) is 9.42. The Labute approximate surface area is 162 Å². The van der Waals surface area contributed by atoms with Gasteiger partial charge in [0.1, 0.15) is 0 Å². The minimum Gasteiger partial charge on any atom is -0.480 e. The number of carbonyl (C=O) groups is 2. The summed E-state index contributed by atoms with van der Waals surface area (Å²) < 4.78 is 0. The highest BCUT2D eigenvalue weighted by Crippen LogP contribution is 2.48. The number of carboxylic acids is 2. The molecule has 0 bridgehead atoms. The lowest BCUT2D eigenvalue weighted by atomic mass is 9.63. The van der Waals surface area contributed by atoms with Gasteiger partial charge in [-0.25, -0.2) is 0 Å². The van der Waals surface area contributed by atoms with Gasteiger partial charge in [-0.2, -0.15) is 0 Å². The molecule has 0 unspecified atom stereocenters. The largest absolute Gasteiger partial charge is 0.480 e. The first-order valence-electron chi connectivity index (χ1n) is 9.42. The van der Waals surface area contributed by atoms with Crippen molar-refractivity contribution in [3.63, 3.8) is 0 Å². The highest BCUT2D eigenvalue weighted by molar-refractivity contribution is 6.05. The Kier molecular flexibility index (Phi) is 4.95. The van der Waals surface area contributed by atoms with E-state index in [0.29, 0.717) is 24.0 Å². The molecule has 0 saturated heterocycles. The van der Waals surface area contributed by atoms with Crippen LogP contribution in [0.3, 0.4) is 0 Å². The van der Waals surface area contributed by atoms with E-state index < -0.39 is 39.5 Å². The highest BCUT2D eigenvalue weighted by atomic mass is 16.4. The van der Waals surface area contributed by atoms with Crippen LogP contribution >= 0.6 is 0 Å².